The van der Waals surface area contributed by atoms with Crippen LogP contribution in [0.4, 0.5) is 11.6 Å². The maximum Gasteiger partial charge on any atom is 0.146 e. The SMILES string of the molecule is CNc1ncnc(NCC2CCCN2C)c1Br. The Labute approximate surface area is 110 Å². The average Bonchev–Trinajstić information content (AvgIpc) is 2.74. The number of halogens is 1. The number of hydrogen-bond acceptors (Lipinski definition) is 5. The van der Waals surface area contributed by atoms with E-state index in [0.29, 0.717) is 6.04 Å². The summed E-state index contributed by atoms with van der Waals surface area (Å²) in [5, 5.41) is 6.40. The molecule has 1 aromatic rings. The second kappa shape index (κ2) is 5.64. The Bertz CT molecular complexity index is 384. The van der Waals surface area contributed by atoms with Crippen LogP contribution < -0.4 is 10.6 Å². The van der Waals surface area contributed by atoms with Crippen LogP contribution in [0.15, 0.2) is 10.8 Å². The van der Waals surface area contributed by atoms with Crippen LogP contribution in [0.2, 0.25) is 0 Å². The smallest absolute Gasteiger partial charge is 0.146 e. The molecule has 2 N–H and O–H groups in total. The van der Waals surface area contributed by atoms with Crippen molar-refractivity contribution in [2.24, 2.45) is 0 Å². The molecule has 1 fully saturated rings. The Balaban J connectivity index is 1.99. The summed E-state index contributed by atoms with van der Waals surface area (Å²) in [5.74, 6) is 1.66. The number of nitrogens with zero attached hydrogens (tertiary/aromatic N) is 3. The highest BCUT2D eigenvalue weighted by atomic mass is 79.9. The normalized spacial score (nSPS) is 20.5. The van der Waals surface area contributed by atoms with Gasteiger partial charge in [-0.2, -0.15) is 0 Å². The molecule has 1 atom stereocenters. The summed E-state index contributed by atoms with van der Waals surface area (Å²) < 4.78 is 0.892. The second-order valence-corrected chi connectivity index (χ2v) is 5.09. The lowest BCUT2D eigenvalue weighted by molar-refractivity contribution is 0.322. The summed E-state index contributed by atoms with van der Waals surface area (Å²) in [5.41, 5.74) is 0. The van der Waals surface area contributed by atoms with Gasteiger partial charge < -0.3 is 15.5 Å². The van der Waals surface area contributed by atoms with E-state index >= 15 is 0 Å². The molecule has 2 heterocycles. The summed E-state index contributed by atoms with van der Waals surface area (Å²) in [4.78, 5) is 10.8. The zero-order valence-corrected chi connectivity index (χ0v) is 11.8. The molecule has 0 radical (unpaired) electrons. The van der Waals surface area contributed by atoms with E-state index in [4.69, 9.17) is 0 Å². The highest BCUT2D eigenvalue weighted by Crippen LogP contribution is 2.26. The van der Waals surface area contributed by atoms with Crippen molar-refractivity contribution in [3.05, 3.63) is 10.8 Å². The first kappa shape index (κ1) is 12.6. The monoisotopic (exact) mass is 299 g/mol. The molecule has 1 aromatic heterocycles. The van der Waals surface area contributed by atoms with Crippen molar-refractivity contribution in [1.29, 1.82) is 0 Å². The van der Waals surface area contributed by atoms with E-state index in [2.05, 4.69) is 48.5 Å². The van der Waals surface area contributed by atoms with E-state index in [1.54, 1.807) is 6.33 Å². The third-order valence-corrected chi connectivity index (χ3v) is 3.95. The zero-order valence-electron chi connectivity index (χ0n) is 10.2. The second-order valence-electron chi connectivity index (χ2n) is 4.29. The van der Waals surface area contributed by atoms with Gasteiger partial charge in [-0.3, -0.25) is 0 Å². The number of likely N-dealkylation sites (N-methyl/N-ethyl adjacent to an activating group) is 1. The van der Waals surface area contributed by atoms with Gasteiger partial charge in [0.15, 0.2) is 0 Å². The predicted octanol–water partition coefficient (Wildman–Crippen LogP) is 1.79. The van der Waals surface area contributed by atoms with Crippen molar-refractivity contribution >= 4 is 27.6 Å². The van der Waals surface area contributed by atoms with Gasteiger partial charge in [-0.1, -0.05) is 0 Å². The Morgan fingerprint density at radius 2 is 2.24 bits per heavy atom. The molecule has 1 aliphatic rings. The fourth-order valence-corrected chi connectivity index (χ4v) is 2.66. The molecule has 1 saturated heterocycles. The van der Waals surface area contributed by atoms with E-state index in [1.165, 1.54) is 19.4 Å². The third-order valence-electron chi connectivity index (χ3n) is 3.20. The lowest BCUT2D eigenvalue weighted by atomic mass is 10.2. The summed E-state index contributed by atoms with van der Waals surface area (Å²) in [6, 6.07) is 0.606. The summed E-state index contributed by atoms with van der Waals surface area (Å²) in [7, 11) is 4.02. The molecular weight excluding hydrogens is 282 g/mol. The lowest BCUT2D eigenvalue weighted by Crippen LogP contribution is -2.31. The van der Waals surface area contributed by atoms with Crippen molar-refractivity contribution in [3.8, 4) is 0 Å². The molecule has 1 aliphatic heterocycles. The van der Waals surface area contributed by atoms with Crippen LogP contribution in [-0.4, -0.2) is 48.1 Å². The van der Waals surface area contributed by atoms with Gasteiger partial charge in [0.05, 0.1) is 0 Å². The molecule has 0 aromatic carbocycles. The fraction of sp³-hybridized carbons (Fsp3) is 0.636. The highest BCUT2D eigenvalue weighted by molar-refractivity contribution is 9.10. The molecule has 5 nitrogen and oxygen atoms in total. The van der Waals surface area contributed by atoms with Crippen molar-refractivity contribution < 1.29 is 0 Å². The van der Waals surface area contributed by atoms with E-state index in [1.807, 2.05) is 7.05 Å². The van der Waals surface area contributed by atoms with E-state index in [-0.39, 0.29) is 0 Å². The number of hydrogen-bond donors (Lipinski definition) is 2. The van der Waals surface area contributed by atoms with Crippen LogP contribution in [-0.2, 0) is 0 Å². The zero-order chi connectivity index (χ0) is 12.3. The molecule has 0 aliphatic carbocycles. The van der Waals surface area contributed by atoms with Crippen LogP contribution in [0.1, 0.15) is 12.8 Å². The number of rotatable bonds is 4. The molecule has 0 amide bonds. The standard InChI is InChI=1S/C11H18BrN5/c1-13-10-9(12)11(16-7-15-10)14-6-8-4-3-5-17(8)2/h7-8H,3-6H2,1-2H3,(H2,13,14,15,16). The first-order chi connectivity index (χ1) is 8.22. The van der Waals surface area contributed by atoms with E-state index in [9.17, 15) is 0 Å². The topological polar surface area (TPSA) is 53.1 Å². The maximum absolute atomic E-state index is 4.25. The quantitative estimate of drug-likeness (QED) is 0.888. The Hall–Kier alpha value is -0.880. The first-order valence-corrected chi connectivity index (χ1v) is 6.64. The first-order valence-electron chi connectivity index (χ1n) is 5.84. The van der Waals surface area contributed by atoms with Gasteiger partial charge in [0.2, 0.25) is 0 Å². The Morgan fingerprint density at radius 3 is 2.88 bits per heavy atom. The van der Waals surface area contributed by atoms with Gasteiger partial charge in [-0.05, 0) is 42.4 Å². The minimum atomic E-state index is 0.606. The third kappa shape index (κ3) is 2.87. The molecule has 0 bridgehead atoms. The van der Waals surface area contributed by atoms with Gasteiger partial charge in [0, 0.05) is 19.6 Å². The minimum absolute atomic E-state index is 0.606. The van der Waals surface area contributed by atoms with E-state index < -0.39 is 0 Å². The Morgan fingerprint density at radius 1 is 1.47 bits per heavy atom. The molecule has 94 valence electrons. The molecular formula is C11H18BrN5. The van der Waals surface area contributed by atoms with Gasteiger partial charge >= 0.3 is 0 Å². The molecule has 1 unspecified atom stereocenters. The van der Waals surface area contributed by atoms with E-state index in [0.717, 1.165) is 22.7 Å². The highest BCUT2D eigenvalue weighted by Gasteiger charge is 2.20. The van der Waals surface area contributed by atoms with Crippen LogP contribution in [0.5, 0.6) is 0 Å². The molecule has 6 heteroatoms. The molecule has 0 saturated carbocycles. The fourth-order valence-electron chi connectivity index (χ4n) is 2.12. The maximum atomic E-state index is 4.25. The summed E-state index contributed by atoms with van der Waals surface area (Å²) in [6.07, 6.45) is 4.11. The van der Waals surface area contributed by atoms with Gasteiger partial charge in [0.25, 0.3) is 0 Å². The Kier molecular flexibility index (Phi) is 4.17. The summed E-state index contributed by atoms with van der Waals surface area (Å²) in [6.45, 7) is 2.12. The van der Waals surface area contributed by atoms with Crippen LogP contribution in [0.3, 0.4) is 0 Å². The van der Waals surface area contributed by atoms with Crippen molar-refractivity contribution in [2.45, 2.75) is 18.9 Å². The number of anilines is 2. The number of aromatic nitrogens is 2. The van der Waals surface area contributed by atoms with Gasteiger partial charge in [-0.15, -0.1) is 0 Å². The molecule has 17 heavy (non-hydrogen) atoms. The largest absolute Gasteiger partial charge is 0.372 e. The van der Waals surface area contributed by atoms with Crippen molar-refractivity contribution in [1.82, 2.24) is 14.9 Å². The molecule has 0 spiro atoms. The average molecular weight is 300 g/mol. The van der Waals surface area contributed by atoms with Crippen LogP contribution in [0, 0.1) is 0 Å². The number of nitrogens with one attached hydrogen (secondary N) is 2. The minimum Gasteiger partial charge on any atom is -0.372 e. The van der Waals surface area contributed by atoms with Gasteiger partial charge in [-0.25, -0.2) is 9.97 Å². The van der Waals surface area contributed by atoms with Crippen molar-refractivity contribution in [2.75, 3.05) is 37.8 Å². The van der Waals surface area contributed by atoms with Crippen molar-refractivity contribution in [3.63, 3.8) is 0 Å². The van der Waals surface area contributed by atoms with Crippen LogP contribution in [0.25, 0.3) is 0 Å². The summed E-state index contributed by atoms with van der Waals surface area (Å²) >= 11 is 3.50. The number of likely N-dealkylation sites (tertiary alicyclic amines) is 1. The molecule has 2 rings (SSSR count). The van der Waals surface area contributed by atoms with Gasteiger partial charge in [0.1, 0.15) is 22.4 Å². The van der Waals surface area contributed by atoms with Crippen LogP contribution >= 0.6 is 15.9 Å². The lowest BCUT2D eigenvalue weighted by Gasteiger charge is -2.20. The predicted molar refractivity (Wildman–Crippen MR) is 73.4 cm³/mol.